The molecule has 0 saturated heterocycles. The minimum absolute atomic E-state index is 0.187. The summed E-state index contributed by atoms with van der Waals surface area (Å²) in [4.78, 5) is 0. The van der Waals surface area contributed by atoms with Gasteiger partial charge in [-0.25, -0.2) is 8.42 Å². The summed E-state index contributed by atoms with van der Waals surface area (Å²) in [5.74, 6) is 1.33. The minimum Gasteiger partial charge on any atom is -0.391 e. The molecule has 0 rings (SSSR count). The maximum absolute atomic E-state index is 10.7. The van der Waals surface area contributed by atoms with Crippen molar-refractivity contribution in [2.75, 3.05) is 28.8 Å². The maximum Gasteiger partial charge on any atom is 0.148 e. The molecule has 1 N–H and O–H groups in total. The Morgan fingerprint density at radius 3 is 2.58 bits per heavy atom. The number of hydrogen-bond donors (Lipinski definition) is 1. The third-order valence-corrected chi connectivity index (χ3v) is 4.15. The molecule has 12 heavy (non-hydrogen) atoms. The van der Waals surface area contributed by atoms with E-state index >= 15 is 0 Å². The van der Waals surface area contributed by atoms with Gasteiger partial charge in [0.2, 0.25) is 0 Å². The van der Waals surface area contributed by atoms with Gasteiger partial charge in [0.1, 0.15) is 9.84 Å². The molecule has 74 valence electrons. The van der Waals surface area contributed by atoms with Gasteiger partial charge in [0.25, 0.3) is 0 Å². The SMILES string of the molecule is CS(=O)(=O)CCSCC(O)CBr. The quantitative estimate of drug-likeness (QED) is 0.568. The summed E-state index contributed by atoms with van der Waals surface area (Å²) in [5.41, 5.74) is 0. The molecule has 0 spiro atoms. The molecular formula is C6H13BrO3S2. The molecule has 0 fully saturated rings. The third-order valence-electron chi connectivity index (χ3n) is 1.09. The van der Waals surface area contributed by atoms with Gasteiger partial charge in [-0.1, -0.05) is 15.9 Å². The fourth-order valence-corrected chi connectivity index (χ4v) is 3.25. The summed E-state index contributed by atoms with van der Waals surface area (Å²) in [6.45, 7) is 0. The van der Waals surface area contributed by atoms with E-state index in [1.54, 1.807) is 0 Å². The van der Waals surface area contributed by atoms with Crippen LogP contribution in [0, 0.1) is 0 Å². The van der Waals surface area contributed by atoms with E-state index in [1.165, 1.54) is 18.0 Å². The summed E-state index contributed by atoms with van der Waals surface area (Å²) in [6.07, 6.45) is 0.837. The summed E-state index contributed by atoms with van der Waals surface area (Å²) in [7, 11) is -2.84. The van der Waals surface area contributed by atoms with Crippen molar-refractivity contribution in [3.63, 3.8) is 0 Å². The molecule has 0 aliphatic rings. The fraction of sp³-hybridized carbons (Fsp3) is 1.00. The molecule has 0 aromatic heterocycles. The smallest absolute Gasteiger partial charge is 0.148 e. The van der Waals surface area contributed by atoms with Crippen LogP contribution in [0.2, 0.25) is 0 Å². The molecule has 0 aliphatic carbocycles. The second-order valence-corrected chi connectivity index (χ2v) is 6.57. The van der Waals surface area contributed by atoms with Gasteiger partial charge in [0, 0.05) is 23.1 Å². The van der Waals surface area contributed by atoms with E-state index in [4.69, 9.17) is 5.11 Å². The van der Waals surface area contributed by atoms with E-state index in [0.29, 0.717) is 16.8 Å². The Morgan fingerprint density at radius 1 is 1.58 bits per heavy atom. The van der Waals surface area contributed by atoms with Gasteiger partial charge >= 0.3 is 0 Å². The lowest BCUT2D eigenvalue weighted by Gasteiger charge is -2.04. The molecular weight excluding hydrogens is 264 g/mol. The lowest BCUT2D eigenvalue weighted by molar-refractivity contribution is 0.226. The first-order valence-corrected chi connectivity index (χ1v) is 7.79. The van der Waals surface area contributed by atoms with Crippen molar-refractivity contribution in [2.45, 2.75) is 6.10 Å². The van der Waals surface area contributed by atoms with Gasteiger partial charge in [-0.15, -0.1) is 0 Å². The second kappa shape index (κ2) is 6.23. The minimum atomic E-state index is -2.84. The number of sulfone groups is 1. The average molecular weight is 277 g/mol. The summed E-state index contributed by atoms with van der Waals surface area (Å²) >= 11 is 4.58. The zero-order valence-corrected chi connectivity index (χ0v) is 10.1. The number of thioether (sulfide) groups is 1. The molecule has 0 amide bonds. The highest BCUT2D eigenvalue weighted by Crippen LogP contribution is 2.05. The summed E-state index contributed by atoms with van der Waals surface area (Å²) in [6, 6.07) is 0. The zero-order chi connectivity index (χ0) is 9.61. The highest BCUT2D eigenvalue weighted by atomic mass is 79.9. The normalized spacial score (nSPS) is 14.6. The average Bonchev–Trinajstić information content (AvgIpc) is 1.96. The second-order valence-electron chi connectivity index (χ2n) is 2.51. The van der Waals surface area contributed by atoms with E-state index in [9.17, 15) is 8.42 Å². The Hall–Kier alpha value is 0.740. The van der Waals surface area contributed by atoms with E-state index in [1.807, 2.05) is 0 Å². The first-order chi connectivity index (χ1) is 5.45. The molecule has 0 radical (unpaired) electrons. The predicted molar refractivity (Wildman–Crippen MR) is 56.8 cm³/mol. The molecule has 1 unspecified atom stereocenters. The van der Waals surface area contributed by atoms with Crippen molar-refractivity contribution >= 4 is 37.5 Å². The Bertz CT molecular complexity index is 203. The van der Waals surface area contributed by atoms with Crippen LogP contribution in [0.3, 0.4) is 0 Å². The van der Waals surface area contributed by atoms with Crippen LogP contribution in [-0.2, 0) is 9.84 Å². The molecule has 0 saturated carbocycles. The van der Waals surface area contributed by atoms with E-state index < -0.39 is 9.84 Å². The van der Waals surface area contributed by atoms with Gasteiger partial charge in [0.15, 0.2) is 0 Å². The van der Waals surface area contributed by atoms with Crippen LogP contribution in [0.15, 0.2) is 0 Å². The van der Waals surface area contributed by atoms with Crippen LogP contribution in [0.5, 0.6) is 0 Å². The molecule has 0 aliphatic heterocycles. The topological polar surface area (TPSA) is 54.4 Å². The Morgan fingerprint density at radius 2 is 2.17 bits per heavy atom. The number of aliphatic hydroxyl groups is 1. The van der Waals surface area contributed by atoms with Crippen LogP contribution >= 0.6 is 27.7 Å². The molecule has 1 atom stereocenters. The summed E-state index contributed by atoms with van der Waals surface area (Å²) in [5, 5.41) is 9.61. The van der Waals surface area contributed by atoms with Gasteiger partial charge in [-0.05, 0) is 0 Å². The molecule has 6 heteroatoms. The standard InChI is InChI=1S/C6H13BrO3S2/c1-12(9,10)3-2-11-5-6(8)4-7/h6,8H,2-5H2,1H3. The van der Waals surface area contributed by atoms with E-state index in [0.717, 1.165) is 0 Å². The van der Waals surface area contributed by atoms with Gasteiger partial charge in [0.05, 0.1) is 11.9 Å². The van der Waals surface area contributed by atoms with Crippen LogP contribution in [0.25, 0.3) is 0 Å². The molecule has 0 aromatic carbocycles. The lowest BCUT2D eigenvalue weighted by atomic mass is 10.5. The number of halogens is 1. The van der Waals surface area contributed by atoms with Crippen molar-refractivity contribution in [2.24, 2.45) is 0 Å². The molecule has 3 nitrogen and oxygen atoms in total. The van der Waals surface area contributed by atoms with Gasteiger partial charge < -0.3 is 5.11 Å². The van der Waals surface area contributed by atoms with Crippen molar-refractivity contribution in [3.8, 4) is 0 Å². The number of hydrogen-bond acceptors (Lipinski definition) is 4. The van der Waals surface area contributed by atoms with Gasteiger partial charge in [-0.2, -0.15) is 11.8 Å². The Balaban J connectivity index is 3.34. The van der Waals surface area contributed by atoms with E-state index in [2.05, 4.69) is 15.9 Å². The molecule has 0 heterocycles. The Kier molecular flexibility index (Phi) is 6.62. The van der Waals surface area contributed by atoms with Crippen molar-refractivity contribution < 1.29 is 13.5 Å². The number of rotatable bonds is 6. The first kappa shape index (κ1) is 12.7. The van der Waals surface area contributed by atoms with Crippen molar-refractivity contribution in [1.82, 2.24) is 0 Å². The maximum atomic E-state index is 10.7. The van der Waals surface area contributed by atoms with Crippen molar-refractivity contribution in [1.29, 1.82) is 0 Å². The predicted octanol–water partition coefficient (Wildman–Crippen LogP) is 0.520. The molecule has 0 aromatic rings. The first-order valence-electron chi connectivity index (χ1n) is 3.45. The van der Waals surface area contributed by atoms with Gasteiger partial charge in [-0.3, -0.25) is 0 Å². The Labute approximate surface area is 86.0 Å². The van der Waals surface area contributed by atoms with Crippen LogP contribution < -0.4 is 0 Å². The van der Waals surface area contributed by atoms with Crippen LogP contribution in [-0.4, -0.2) is 48.5 Å². The lowest BCUT2D eigenvalue weighted by Crippen LogP contribution is -2.13. The zero-order valence-electron chi connectivity index (χ0n) is 6.86. The monoisotopic (exact) mass is 276 g/mol. The fourth-order valence-electron chi connectivity index (χ4n) is 0.474. The molecule has 0 bridgehead atoms. The number of alkyl halides is 1. The third kappa shape index (κ3) is 8.83. The highest BCUT2D eigenvalue weighted by molar-refractivity contribution is 9.09. The largest absolute Gasteiger partial charge is 0.391 e. The summed E-state index contributed by atoms with van der Waals surface area (Å²) < 4.78 is 21.3. The van der Waals surface area contributed by atoms with E-state index in [-0.39, 0.29) is 11.9 Å². The van der Waals surface area contributed by atoms with Crippen LogP contribution in [0.4, 0.5) is 0 Å². The highest BCUT2D eigenvalue weighted by Gasteiger charge is 2.04. The van der Waals surface area contributed by atoms with Crippen molar-refractivity contribution in [3.05, 3.63) is 0 Å². The van der Waals surface area contributed by atoms with Crippen LogP contribution in [0.1, 0.15) is 0 Å². The number of aliphatic hydroxyl groups excluding tert-OH is 1.